The molecule has 0 unspecified atom stereocenters. The molecule has 0 atom stereocenters. The molecule has 0 saturated heterocycles. The van der Waals surface area contributed by atoms with E-state index in [0.717, 1.165) is 81.5 Å². The Bertz CT molecular complexity index is 2060. The fourth-order valence-electron chi connectivity index (χ4n) is 5.77. The van der Waals surface area contributed by atoms with Crippen LogP contribution >= 0.6 is 31.9 Å². The van der Waals surface area contributed by atoms with Crippen molar-refractivity contribution in [1.82, 2.24) is 0 Å². The minimum absolute atomic E-state index is 0.109. The molecule has 0 bridgehead atoms. The van der Waals surface area contributed by atoms with Crippen LogP contribution in [0.2, 0.25) is 0 Å². The number of amides is 1. The molecule has 0 aliphatic carbocycles. The van der Waals surface area contributed by atoms with Gasteiger partial charge in [0, 0.05) is 49.6 Å². The van der Waals surface area contributed by atoms with Crippen LogP contribution in [0.5, 0.6) is 23.0 Å². The van der Waals surface area contributed by atoms with Crippen molar-refractivity contribution >= 4 is 92.2 Å². The van der Waals surface area contributed by atoms with Gasteiger partial charge in [0.15, 0.2) is 23.0 Å². The van der Waals surface area contributed by atoms with E-state index < -0.39 is 0 Å². The van der Waals surface area contributed by atoms with E-state index in [4.69, 9.17) is 18.9 Å². The van der Waals surface area contributed by atoms with E-state index in [2.05, 4.69) is 73.7 Å². The Morgan fingerprint density at radius 1 is 0.644 bits per heavy atom. The highest BCUT2D eigenvalue weighted by Crippen LogP contribution is 2.45. The van der Waals surface area contributed by atoms with Gasteiger partial charge in [0.25, 0.3) is 0 Å². The van der Waals surface area contributed by atoms with Crippen LogP contribution in [-0.2, 0) is 4.79 Å². The van der Waals surface area contributed by atoms with Crippen molar-refractivity contribution in [1.29, 1.82) is 0 Å². The molecule has 45 heavy (non-hydrogen) atoms. The number of halogens is 2. The topological polar surface area (TPSA) is 78.0 Å². The Balaban J connectivity index is 0.000000178. The van der Waals surface area contributed by atoms with Crippen LogP contribution in [0.3, 0.4) is 0 Å². The summed E-state index contributed by atoms with van der Waals surface area (Å²) < 4.78 is 24.1. The van der Waals surface area contributed by atoms with Gasteiger partial charge in [-0.15, -0.1) is 0 Å². The van der Waals surface area contributed by atoms with Crippen LogP contribution in [0.4, 0.5) is 11.4 Å². The molecule has 232 valence electrons. The zero-order valence-corrected chi connectivity index (χ0v) is 29.1. The maximum Gasteiger partial charge on any atom is 0.221 e. The third-order valence-electron chi connectivity index (χ3n) is 7.54. The lowest BCUT2D eigenvalue weighted by molar-refractivity contribution is -0.114. The van der Waals surface area contributed by atoms with Crippen LogP contribution < -0.4 is 29.6 Å². The Morgan fingerprint density at radius 3 is 1.53 bits per heavy atom. The fraction of sp³-hybridized carbons (Fsp3) is 0.194. The van der Waals surface area contributed by atoms with E-state index in [1.165, 1.54) is 6.92 Å². The first-order valence-electron chi connectivity index (χ1n) is 14.3. The molecule has 0 spiro atoms. The summed E-state index contributed by atoms with van der Waals surface area (Å²) >= 11 is 7.26. The van der Waals surface area contributed by atoms with Crippen LogP contribution in [0, 0.1) is 0 Å². The van der Waals surface area contributed by atoms with Crippen molar-refractivity contribution in [2.24, 2.45) is 0 Å². The molecule has 0 aromatic heterocycles. The number of rotatable bonds is 7. The Kier molecular flexibility index (Phi) is 9.90. The third kappa shape index (κ3) is 6.07. The molecule has 1 amide bonds. The second-order valence-corrected chi connectivity index (χ2v) is 11.9. The first kappa shape index (κ1) is 32.2. The van der Waals surface area contributed by atoms with E-state index in [-0.39, 0.29) is 5.91 Å². The van der Waals surface area contributed by atoms with Crippen LogP contribution in [0.25, 0.3) is 43.1 Å². The monoisotopic (exact) mass is 732 g/mol. The van der Waals surface area contributed by atoms with Crippen molar-refractivity contribution in [3.8, 4) is 23.0 Å². The van der Waals surface area contributed by atoms with Crippen molar-refractivity contribution in [2.45, 2.75) is 13.8 Å². The highest BCUT2D eigenvalue weighted by molar-refractivity contribution is 9.11. The number of benzene rings is 6. The van der Waals surface area contributed by atoms with E-state index in [1.54, 1.807) is 28.4 Å². The number of anilines is 2. The molecule has 0 heterocycles. The summed E-state index contributed by atoms with van der Waals surface area (Å²) in [6, 6.07) is 24.1. The third-order valence-corrected chi connectivity index (χ3v) is 8.86. The van der Waals surface area contributed by atoms with Gasteiger partial charge in [-0.25, -0.2) is 0 Å². The number of ether oxygens (including phenoxy) is 4. The first-order chi connectivity index (χ1) is 21.8. The lowest BCUT2D eigenvalue weighted by Gasteiger charge is -2.16. The minimum Gasteiger partial charge on any atom is -0.493 e. The molecule has 7 nitrogen and oxygen atoms in total. The molecule has 0 fully saturated rings. The lowest BCUT2D eigenvalue weighted by atomic mass is 9.99. The van der Waals surface area contributed by atoms with Crippen molar-refractivity contribution in [3.63, 3.8) is 0 Å². The molecule has 0 saturated carbocycles. The quantitative estimate of drug-likeness (QED) is 0.159. The average Bonchev–Trinajstić information content (AvgIpc) is 3.03. The minimum atomic E-state index is -0.109. The number of nitrogens with one attached hydrogen (secondary N) is 2. The molecule has 6 aromatic rings. The second-order valence-electron chi connectivity index (χ2n) is 10.2. The van der Waals surface area contributed by atoms with Crippen molar-refractivity contribution in [2.75, 3.05) is 45.6 Å². The number of fused-ring (bicyclic) bond motifs is 6. The predicted molar refractivity (Wildman–Crippen MR) is 193 cm³/mol. The average molecular weight is 734 g/mol. The van der Waals surface area contributed by atoms with E-state index in [0.29, 0.717) is 11.5 Å². The van der Waals surface area contributed by atoms with Gasteiger partial charge in [-0.3, -0.25) is 4.79 Å². The maximum atomic E-state index is 11.6. The van der Waals surface area contributed by atoms with Gasteiger partial charge < -0.3 is 29.6 Å². The number of carbonyl (C=O) groups excluding carboxylic acids is 1. The lowest BCUT2D eigenvalue weighted by Crippen LogP contribution is -2.06. The molecule has 0 aliphatic rings. The van der Waals surface area contributed by atoms with Gasteiger partial charge in [0.2, 0.25) is 5.91 Å². The summed E-state index contributed by atoms with van der Waals surface area (Å²) in [6.45, 7) is 4.47. The molecule has 6 rings (SSSR count). The van der Waals surface area contributed by atoms with Crippen molar-refractivity contribution < 1.29 is 23.7 Å². The predicted octanol–water partition coefficient (Wildman–Crippen LogP) is 9.94. The summed E-state index contributed by atoms with van der Waals surface area (Å²) in [7, 11) is 6.59. The van der Waals surface area contributed by atoms with Crippen LogP contribution in [0.1, 0.15) is 13.8 Å². The van der Waals surface area contributed by atoms with E-state index in [9.17, 15) is 4.79 Å². The number of methoxy groups -OCH3 is 4. The standard InChI is InChI=1S/C18H16BrNO3.C18H18BrNO2/c1-10(21)20-14-9-11-7-8-15(22-2)18(23-3)16(11)12-5-4-6-13(19)17(12)14;1-4-20-14-10-11-8-9-15(21-2)18(22-3)16(11)12-6-5-7-13(19)17(12)14/h4-9H,1-3H3,(H,20,21);5-10,20H,4H2,1-3H3. The van der Waals surface area contributed by atoms with Gasteiger partial charge in [0.05, 0.1) is 34.1 Å². The number of hydrogen-bond acceptors (Lipinski definition) is 6. The second kappa shape index (κ2) is 13.8. The van der Waals surface area contributed by atoms with E-state index in [1.807, 2.05) is 48.5 Å². The van der Waals surface area contributed by atoms with Gasteiger partial charge in [-0.1, -0.05) is 68.3 Å². The summed E-state index contributed by atoms with van der Waals surface area (Å²) in [5, 5.41) is 14.7. The Labute approximate surface area is 279 Å². The molecule has 6 aromatic carbocycles. The fourth-order valence-corrected chi connectivity index (χ4v) is 6.93. The zero-order valence-electron chi connectivity index (χ0n) is 25.9. The van der Waals surface area contributed by atoms with E-state index >= 15 is 0 Å². The number of hydrogen-bond donors (Lipinski definition) is 2. The molecule has 0 radical (unpaired) electrons. The van der Waals surface area contributed by atoms with Crippen LogP contribution in [-0.4, -0.2) is 40.9 Å². The molecule has 9 heteroatoms. The smallest absolute Gasteiger partial charge is 0.221 e. The Hall–Kier alpha value is -4.21. The van der Waals surface area contributed by atoms with Gasteiger partial charge in [0.1, 0.15) is 0 Å². The normalized spacial score (nSPS) is 10.8. The molecular formula is C36H34Br2N2O5. The van der Waals surface area contributed by atoms with Gasteiger partial charge in [-0.05, 0) is 64.9 Å². The molecular weight excluding hydrogens is 700 g/mol. The molecule has 2 N–H and O–H groups in total. The van der Waals surface area contributed by atoms with Crippen LogP contribution in [0.15, 0.2) is 81.7 Å². The van der Waals surface area contributed by atoms with Gasteiger partial charge >= 0.3 is 0 Å². The molecule has 0 aliphatic heterocycles. The maximum absolute atomic E-state index is 11.6. The highest BCUT2D eigenvalue weighted by atomic mass is 79.9. The highest BCUT2D eigenvalue weighted by Gasteiger charge is 2.17. The number of carbonyl (C=O) groups is 1. The summed E-state index contributed by atoms with van der Waals surface area (Å²) in [4.78, 5) is 11.6. The Morgan fingerprint density at radius 2 is 1.11 bits per heavy atom. The summed E-state index contributed by atoms with van der Waals surface area (Å²) in [6.07, 6.45) is 0. The summed E-state index contributed by atoms with van der Waals surface area (Å²) in [5.41, 5.74) is 1.88. The van der Waals surface area contributed by atoms with Crippen molar-refractivity contribution in [3.05, 3.63) is 81.7 Å². The summed E-state index contributed by atoms with van der Waals surface area (Å²) in [5.74, 6) is 2.76. The SMILES string of the molecule is CCNc1cc2ccc(OC)c(OC)c2c2cccc(Br)c12.COc1ccc2cc(NC(C)=O)c3c(Br)cccc3c2c1OC. The first-order valence-corrected chi connectivity index (χ1v) is 15.9. The largest absolute Gasteiger partial charge is 0.493 e. The zero-order chi connectivity index (χ0) is 32.2. The van der Waals surface area contributed by atoms with Gasteiger partial charge in [-0.2, -0.15) is 0 Å².